The van der Waals surface area contributed by atoms with Gasteiger partial charge in [0.05, 0.1) is 0 Å². The molecule has 1 heterocycles. The van der Waals surface area contributed by atoms with Gasteiger partial charge in [0.25, 0.3) is 5.91 Å². The molecule has 1 unspecified atom stereocenters. The van der Waals surface area contributed by atoms with Gasteiger partial charge in [0.2, 0.25) is 5.67 Å². The fourth-order valence-corrected chi connectivity index (χ4v) is 2.48. The van der Waals surface area contributed by atoms with Crippen molar-refractivity contribution < 1.29 is 9.18 Å². The van der Waals surface area contributed by atoms with E-state index in [1.807, 2.05) is 6.08 Å². The fraction of sp³-hybridized carbons (Fsp3) is 0.769. The molecule has 1 saturated heterocycles. The van der Waals surface area contributed by atoms with Gasteiger partial charge >= 0.3 is 0 Å². The Morgan fingerprint density at radius 3 is 2.76 bits per heavy atom. The van der Waals surface area contributed by atoms with Gasteiger partial charge in [-0.25, -0.2) is 4.39 Å². The Morgan fingerprint density at radius 2 is 2.00 bits per heavy atom. The molecule has 1 fully saturated rings. The van der Waals surface area contributed by atoms with E-state index in [1.165, 1.54) is 6.08 Å². The zero-order valence-corrected chi connectivity index (χ0v) is 10.3. The van der Waals surface area contributed by atoms with Crippen molar-refractivity contribution in [2.45, 2.75) is 37.8 Å². The van der Waals surface area contributed by atoms with E-state index in [4.69, 9.17) is 0 Å². The molecule has 2 rings (SSSR count). The number of piperazine rings is 1. The quantitative estimate of drug-likeness (QED) is 0.707. The lowest BCUT2D eigenvalue weighted by molar-refractivity contribution is -0.142. The molecular weight excluding hydrogens is 219 g/mol. The highest BCUT2D eigenvalue weighted by molar-refractivity contribution is 5.87. The lowest BCUT2D eigenvalue weighted by atomic mass is 9.92. The third-order valence-corrected chi connectivity index (χ3v) is 3.55. The molecule has 0 aromatic rings. The topological polar surface area (TPSA) is 32.3 Å². The van der Waals surface area contributed by atoms with Crippen LogP contribution in [0.1, 0.15) is 32.1 Å². The SMILES string of the molecule is O=C(N1CCNCC1)C1(F)C=CCCCCC1. The number of nitrogens with one attached hydrogen (secondary N) is 1. The lowest BCUT2D eigenvalue weighted by Crippen LogP contribution is -2.52. The zero-order chi connectivity index (χ0) is 12.1. The molecule has 2 aliphatic rings. The molecule has 4 heteroatoms. The van der Waals surface area contributed by atoms with Gasteiger partial charge in [-0.05, 0) is 31.8 Å². The van der Waals surface area contributed by atoms with Crippen LogP contribution in [0.4, 0.5) is 4.39 Å². The predicted molar refractivity (Wildman–Crippen MR) is 65.5 cm³/mol. The summed E-state index contributed by atoms with van der Waals surface area (Å²) in [4.78, 5) is 13.9. The van der Waals surface area contributed by atoms with E-state index in [2.05, 4.69) is 5.32 Å². The standard InChI is InChI=1S/C13H21FN2O/c14-13(6-4-2-1-3-5-7-13)12(17)16-10-8-15-9-11-16/h4,6,15H,1-3,5,7-11H2. The van der Waals surface area contributed by atoms with E-state index in [0.717, 1.165) is 38.8 Å². The number of carbonyl (C=O) groups is 1. The molecule has 0 aromatic carbocycles. The molecule has 0 bridgehead atoms. The van der Waals surface area contributed by atoms with Crippen molar-refractivity contribution in [2.75, 3.05) is 26.2 Å². The Kier molecular flexibility index (Phi) is 4.15. The van der Waals surface area contributed by atoms with E-state index in [1.54, 1.807) is 4.90 Å². The minimum absolute atomic E-state index is 0.336. The molecule has 1 N–H and O–H groups in total. The van der Waals surface area contributed by atoms with Crippen molar-refractivity contribution >= 4 is 5.91 Å². The minimum Gasteiger partial charge on any atom is -0.337 e. The molecule has 0 spiro atoms. The van der Waals surface area contributed by atoms with Crippen molar-refractivity contribution in [3.05, 3.63) is 12.2 Å². The van der Waals surface area contributed by atoms with Crippen LogP contribution in [0.15, 0.2) is 12.2 Å². The van der Waals surface area contributed by atoms with Gasteiger partial charge in [0.1, 0.15) is 0 Å². The molecule has 0 aromatic heterocycles. The maximum absolute atomic E-state index is 14.7. The summed E-state index contributed by atoms with van der Waals surface area (Å²) in [7, 11) is 0. The molecule has 1 aliphatic carbocycles. The minimum atomic E-state index is -1.75. The number of allylic oxidation sites excluding steroid dienone is 1. The van der Waals surface area contributed by atoms with Crippen LogP contribution in [0, 0.1) is 0 Å². The Bertz CT molecular complexity index is 300. The molecule has 0 saturated carbocycles. The van der Waals surface area contributed by atoms with Gasteiger partial charge in [-0.15, -0.1) is 0 Å². The van der Waals surface area contributed by atoms with Gasteiger partial charge in [0, 0.05) is 26.2 Å². The lowest BCUT2D eigenvalue weighted by Gasteiger charge is -2.33. The summed E-state index contributed by atoms with van der Waals surface area (Å²) in [5.41, 5.74) is -1.75. The van der Waals surface area contributed by atoms with Crippen molar-refractivity contribution in [2.24, 2.45) is 0 Å². The second-order valence-electron chi connectivity index (χ2n) is 4.91. The molecule has 96 valence electrons. The molecule has 17 heavy (non-hydrogen) atoms. The first-order chi connectivity index (χ1) is 8.22. The first-order valence-corrected chi connectivity index (χ1v) is 6.59. The van der Waals surface area contributed by atoms with Gasteiger partial charge in [-0.2, -0.15) is 0 Å². The maximum Gasteiger partial charge on any atom is 0.264 e. The largest absolute Gasteiger partial charge is 0.337 e. The van der Waals surface area contributed by atoms with Crippen LogP contribution in [0.25, 0.3) is 0 Å². The highest BCUT2D eigenvalue weighted by atomic mass is 19.1. The Hall–Kier alpha value is -0.900. The van der Waals surface area contributed by atoms with E-state index in [0.29, 0.717) is 19.5 Å². The Morgan fingerprint density at radius 1 is 1.24 bits per heavy atom. The maximum atomic E-state index is 14.7. The summed E-state index contributed by atoms with van der Waals surface area (Å²) < 4.78 is 14.7. The number of rotatable bonds is 1. The third-order valence-electron chi connectivity index (χ3n) is 3.55. The van der Waals surface area contributed by atoms with Crippen molar-refractivity contribution in [1.29, 1.82) is 0 Å². The average molecular weight is 240 g/mol. The molecule has 0 radical (unpaired) electrons. The molecule has 1 aliphatic heterocycles. The number of amides is 1. The van der Waals surface area contributed by atoms with Crippen LogP contribution in [-0.4, -0.2) is 42.7 Å². The molecule has 1 amide bonds. The molecule has 3 nitrogen and oxygen atoms in total. The van der Waals surface area contributed by atoms with E-state index in [9.17, 15) is 9.18 Å². The molecular formula is C13H21FN2O. The van der Waals surface area contributed by atoms with Gasteiger partial charge in [0.15, 0.2) is 0 Å². The number of nitrogens with zero attached hydrogens (tertiary/aromatic N) is 1. The van der Waals surface area contributed by atoms with Crippen molar-refractivity contribution in [1.82, 2.24) is 10.2 Å². The summed E-state index contributed by atoms with van der Waals surface area (Å²) in [6.45, 7) is 2.79. The number of hydrogen-bond acceptors (Lipinski definition) is 2. The normalized spacial score (nSPS) is 30.8. The highest BCUT2D eigenvalue weighted by Crippen LogP contribution is 2.27. The smallest absolute Gasteiger partial charge is 0.264 e. The monoisotopic (exact) mass is 240 g/mol. The Labute approximate surface area is 102 Å². The second-order valence-corrected chi connectivity index (χ2v) is 4.91. The first kappa shape index (κ1) is 12.6. The summed E-state index contributed by atoms with van der Waals surface area (Å²) in [6, 6.07) is 0. The first-order valence-electron chi connectivity index (χ1n) is 6.59. The summed E-state index contributed by atoms with van der Waals surface area (Å²) in [5.74, 6) is -0.336. The van der Waals surface area contributed by atoms with Crippen LogP contribution < -0.4 is 5.32 Å². The molecule has 1 atom stereocenters. The van der Waals surface area contributed by atoms with E-state index >= 15 is 0 Å². The summed E-state index contributed by atoms with van der Waals surface area (Å²) in [6.07, 6.45) is 7.49. The number of halogens is 1. The predicted octanol–water partition coefficient (Wildman–Crippen LogP) is 1.65. The van der Waals surface area contributed by atoms with Crippen molar-refractivity contribution in [3.8, 4) is 0 Å². The highest BCUT2D eigenvalue weighted by Gasteiger charge is 2.39. The fourth-order valence-electron chi connectivity index (χ4n) is 2.48. The van der Waals surface area contributed by atoms with E-state index in [-0.39, 0.29) is 5.91 Å². The third kappa shape index (κ3) is 3.06. The van der Waals surface area contributed by atoms with E-state index < -0.39 is 5.67 Å². The van der Waals surface area contributed by atoms with Gasteiger partial charge in [-0.1, -0.05) is 12.5 Å². The Balaban J connectivity index is 2.05. The zero-order valence-electron chi connectivity index (χ0n) is 10.3. The van der Waals surface area contributed by atoms with Crippen molar-refractivity contribution in [3.63, 3.8) is 0 Å². The number of hydrogen-bond donors (Lipinski definition) is 1. The average Bonchev–Trinajstić information content (AvgIpc) is 2.34. The van der Waals surface area contributed by atoms with Crippen LogP contribution in [0.5, 0.6) is 0 Å². The van der Waals surface area contributed by atoms with Crippen LogP contribution in [0.2, 0.25) is 0 Å². The second kappa shape index (κ2) is 5.63. The van der Waals surface area contributed by atoms with Gasteiger partial charge < -0.3 is 10.2 Å². The van der Waals surface area contributed by atoms with Crippen LogP contribution in [-0.2, 0) is 4.79 Å². The van der Waals surface area contributed by atoms with Gasteiger partial charge in [-0.3, -0.25) is 4.79 Å². The summed E-state index contributed by atoms with van der Waals surface area (Å²) in [5, 5.41) is 3.17. The summed E-state index contributed by atoms with van der Waals surface area (Å²) >= 11 is 0. The van der Waals surface area contributed by atoms with Crippen LogP contribution >= 0.6 is 0 Å². The van der Waals surface area contributed by atoms with Crippen LogP contribution in [0.3, 0.4) is 0 Å². The number of alkyl halides is 1. The number of carbonyl (C=O) groups excluding carboxylic acids is 1.